The van der Waals surface area contributed by atoms with E-state index < -0.39 is 0 Å². The van der Waals surface area contributed by atoms with Gasteiger partial charge in [0.15, 0.2) is 0 Å². The largest absolute Gasteiger partial charge is 0.374 e. The molecule has 0 aromatic carbocycles. The molecule has 1 aliphatic heterocycles. The van der Waals surface area contributed by atoms with Crippen LogP contribution in [0.2, 0.25) is 0 Å². The van der Waals surface area contributed by atoms with E-state index in [0.717, 1.165) is 26.0 Å². The van der Waals surface area contributed by atoms with Crippen LogP contribution in [-0.2, 0) is 4.74 Å². The third-order valence-corrected chi connectivity index (χ3v) is 2.52. The van der Waals surface area contributed by atoms with Crippen molar-refractivity contribution >= 4 is 0 Å². The monoisotopic (exact) mass is 182 g/mol. The summed E-state index contributed by atoms with van der Waals surface area (Å²) in [6.07, 6.45) is 2.85. The molecule has 74 valence electrons. The van der Waals surface area contributed by atoms with Crippen molar-refractivity contribution in [2.75, 3.05) is 13.2 Å². The van der Waals surface area contributed by atoms with Crippen molar-refractivity contribution in [1.82, 2.24) is 5.32 Å². The van der Waals surface area contributed by atoms with Crippen LogP contribution in [0.4, 0.5) is 0 Å². The molecule has 1 N–H and O–H groups in total. The second-order valence-electron chi connectivity index (χ2n) is 4.05. The fraction of sp³-hybridized carbons (Fsp3) is 0.900. The SMILES string of the molecule is CC(CC#N)NCC1(C)CCCO1. The first-order valence-corrected chi connectivity index (χ1v) is 4.90. The summed E-state index contributed by atoms with van der Waals surface area (Å²) in [5, 5.41) is 11.8. The molecule has 1 saturated heterocycles. The first-order chi connectivity index (χ1) is 6.16. The molecule has 0 aromatic rings. The maximum Gasteiger partial charge on any atom is 0.0779 e. The zero-order chi connectivity index (χ0) is 9.73. The van der Waals surface area contributed by atoms with E-state index in [-0.39, 0.29) is 11.6 Å². The molecule has 1 fully saturated rings. The third kappa shape index (κ3) is 3.33. The van der Waals surface area contributed by atoms with Gasteiger partial charge < -0.3 is 10.1 Å². The van der Waals surface area contributed by atoms with Gasteiger partial charge in [0.1, 0.15) is 0 Å². The molecule has 2 atom stereocenters. The van der Waals surface area contributed by atoms with E-state index in [4.69, 9.17) is 10.00 Å². The number of nitrogens with one attached hydrogen (secondary N) is 1. The van der Waals surface area contributed by atoms with E-state index in [1.807, 2.05) is 6.92 Å². The fourth-order valence-corrected chi connectivity index (χ4v) is 1.58. The first kappa shape index (κ1) is 10.5. The number of ether oxygens (including phenoxy) is 1. The Morgan fingerprint density at radius 1 is 1.69 bits per heavy atom. The summed E-state index contributed by atoms with van der Waals surface area (Å²) in [5.41, 5.74) is 0.00369. The third-order valence-electron chi connectivity index (χ3n) is 2.52. The van der Waals surface area contributed by atoms with Gasteiger partial charge in [-0.15, -0.1) is 0 Å². The molecule has 1 heterocycles. The minimum Gasteiger partial charge on any atom is -0.374 e. The van der Waals surface area contributed by atoms with E-state index in [1.54, 1.807) is 0 Å². The minimum absolute atomic E-state index is 0.00369. The number of hydrogen-bond donors (Lipinski definition) is 1. The molecule has 3 heteroatoms. The molecule has 1 aliphatic rings. The fourth-order valence-electron chi connectivity index (χ4n) is 1.58. The molecule has 0 radical (unpaired) electrons. The molecule has 13 heavy (non-hydrogen) atoms. The van der Waals surface area contributed by atoms with Gasteiger partial charge in [0.2, 0.25) is 0 Å². The molecule has 1 rings (SSSR count). The standard InChI is InChI=1S/C10H18N2O/c1-9(4-6-11)12-8-10(2)5-3-7-13-10/h9,12H,3-5,7-8H2,1-2H3. The number of hydrogen-bond acceptors (Lipinski definition) is 3. The molecule has 0 spiro atoms. The van der Waals surface area contributed by atoms with Gasteiger partial charge in [-0.3, -0.25) is 0 Å². The van der Waals surface area contributed by atoms with E-state index in [2.05, 4.69) is 18.3 Å². The Morgan fingerprint density at radius 2 is 2.46 bits per heavy atom. The summed E-state index contributed by atoms with van der Waals surface area (Å²) in [4.78, 5) is 0. The van der Waals surface area contributed by atoms with Gasteiger partial charge in [-0.05, 0) is 26.7 Å². The first-order valence-electron chi connectivity index (χ1n) is 4.90. The smallest absolute Gasteiger partial charge is 0.0779 e. The van der Waals surface area contributed by atoms with Crippen LogP contribution in [0.25, 0.3) is 0 Å². The predicted octanol–water partition coefficient (Wildman–Crippen LogP) is 1.45. The van der Waals surface area contributed by atoms with Gasteiger partial charge in [-0.2, -0.15) is 5.26 Å². The maximum absolute atomic E-state index is 8.47. The second-order valence-corrected chi connectivity index (χ2v) is 4.05. The highest BCUT2D eigenvalue weighted by atomic mass is 16.5. The topological polar surface area (TPSA) is 45.0 Å². The lowest BCUT2D eigenvalue weighted by atomic mass is 10.0. The second kappa shape index (κ2) is 4.59. The normalized spacial score (nSPS) is 29.9. The van der Waals surface area contributed by atoms with E-state index in [9.17, 15) is 0 Å². The van der Waals surface area contributed by atoms with Crippen molar-refractivity contribution in [2.45, 2.75) is 44.8 Å². The van der Waals surface area contributed by atoms with E-state index >= 15 is 0 Å². The van der Waals surface area contributed by atoms with Crippen molar-refractivity contribution in [3.05, 3.63) is 0 Å². The molecule has 0 bridgehead atoms. The van der Waals surface area contributed by atoms with Crippen molar-refractivity contribution in [2.24, 2.45) is 0 Å². The van der Waals surface area contributed by atoms with Gasteiger partial charge >= 0.3 is 0 Å². The Hall–Kier alpha value is -0.590. The molecular weight excluding hydrogens is 164 g/mol. The average molecular weight is 182 g/mol. The summed E-state index contributed by atoms with van der Waals surface area (Å²) in [6, 6.07) is 2.42. The molecule has 3 nitrogen and oxygen atoms in total. The quantitative estimate of drug-likeness (QED) is 0.715. The lowest BCUT2D eigenvalue weighted by molar-refractivity contribution is 0.0192. The van der Waals surface area contributed by atoms with Crippen molar-refractivity contribution < 1.29 is 4.74 Å². The predicted molar refractivity (Wildman–Crippen MR) is 51.3 cm³/mol. The lowest BCUT2D eigenvalue weighted by Gasteiger charge is -2.25. The minimum atomic E-state index is 0.00369. The van der Waals surface area contributed by atoms with Crippen LogP contribution in [0.3, 0.4) is 0 Å². The number of nitrogens with zero attached hydrogens (tertiary/aromatic N) is 1. The van der Waals surface area contributed by atoms with Crippen LogP contribution in [0.1, 0.15) is 33.1 Å². The Balaban J connectivity index is 2.21. The van der Waals surface area contributed by atoms with Crippen molar-refractivity contribution in [1.29, 1.82) is 5.26 Å². The zero-order valence-electron chi connectivity index (χ0n) is 8.47. The molecular formula is C10H18N2O. The molecule has 0 saturated carbocycles. The van der Waals surface area contributed by atoms with Gasteiger partial charge in [-0.25, -0.2) is 0 Å². The highest BCUT2D eigenvalue weighted by molar-refractivity contribution is 4.85. The summed E-state index contributed by atoms with van der Waals surface area (Å²) in [7, 11) is 0. The van der Waals surface area contributed by atoms with Crippen molar-refractivity contribution in [3.63, 3.8) is 0 Å². The van der Waals surface area contributed by atoms with Crippen molar-refractivity contribution in [3.8, 4) is 6.07 Å². The molecule has 0 aliphatic carbocycles. The highest BCUT2D eigenvalue weighted by Gasteiger charge is 2.29. The van der Waals surface area contributed by atoms with Crippen LogP contribution < -0.4 is 5.32 Å². The van der Waals surface area contributed by atoms with Gasteiger partial charge in [0.25, 0.3) is 0 Å². The maximum atomic E-state index is 8.47. The molecule has 0 aromatic heterocycles. The van der Waals surface area contributed by atoms with Gasteiger partial charge in [0.05, 0.1) is 18.1 Å². The Labute approximate surface area is 80.1 Å². The van der Waals surface area contributed by atoms with Crippen LogP contribution >= 0.6 is 0 Å². The summed E-state index contributed by atoms with van der Waals surface area (Å²) in [6.45, 7) is 5.90. The lowest BCUT2D eigenvalue weighted by Crippen LogP contribution is -2.41. The summed E-state index contributed by atoms with van der Waals surface area (Å²) in [5.74, 6) is 0. The van der Waals surface area contributed by atoms with Crippen LogP contribution in [-0.4, -0.2) is 24.8 Å². The Bertz CT molecular complexity index is 192. The number of nitriles is 1. The van der Waals surface area contributed by atoms with Crippen LogP contribution in [0.5, 0.6) is 0 Å². The van der Waals surface area contributed by atoms with Gasteiger partial charge in [-0.1, -0.05) is 0 Å². The molecule has 2 unspecified atom stereocenters. The molecule has 0 amide bonds. The zero-order valence-corrected chi connectivity index (χ0v) is 8.47. The Morgan fingerprint density at radius 3 is 3.00 bits per heavy atom. The average Bonchev–Trinajstić information content (AvgIpc) is 2.51. The Kier molecular flexibility index (Phi) is 3.71. The highest BCUT2D eigenvalue weighted by Crippen LogP contribution is 2.23. The summed E-state index contributed by atoms with van der Waals surface area (Å²) >= 11 is 0. The van der Waals surface area contributed by atoms with Crippen LogP contribution in [0, 0.1) is 11.3 Å². The van der Waals surface area contributed by atoms with Crippen LogP contribution in [0.15, 0.2) is 0 Å². The summed E-state index contributed by atoms with van der Waals surface area (Å²) < 4.78 is 5.62. The number of rotatable bonds is 4. The van der Waals surface area contributed by atoms with Gasteiger partial charge in [0, 0.05) is 19.2 Å². The van der Waals surface area contributed by atoms with E-state index in [1.165, 1.54) is 0 Å². The van der Waals surface area contributed by atoms with E-state index in [0.29, 0.717) is 6.42 Å².